The molecule has 1 aromatic rings. The molecule has 8 nitrogen and oxygen atoms in total. The molecule has 16 heteroatoms. The van der Waals surface area contributed by atoms with Gasteiger partial charge in [-0.05, 0) is 75.4 Å². The minimum Gasteiger partial charge on any atom is -0.308 e. The second-order valence-corrected chi connectivity index (χ2v) is 13.1. The molecule has 0 spiro atoms. The number of benzene rings is 1. The summed E-state index contributed by atoms with van der Waals surface area (Å²) in [4.78, 5) is 32.1. The molecule has 222 valence electrons. The Morgan fingerprint density at radius 3 is 2.33 bits per heavy atom. The number of piperidine rings is 1. The number of likely N-dealkylation sites (N-methyl/N-ethyl adjacent to an activating group) is 1. The zero-order chi connectivity index (χ0) is 30.0. The molecule has 2 heterocycles. The van der Waals surface area contributed by atoms with Crippen molar-refractivity contribution in [1.82, 2.24) is 15.1 Å². The Morgan fingerprint density at radius 2 is 1.80 bits per heavy atom. The van der Waals surface area contributed by atoms with Gasteiger partial charge in [0.2, 0.25) is 5.91 Å². The number of carbonyl (C=O) groups excluding carboxylic acids is 2. The van der Waals surface area contributed by atoms with Crippen LogP contribution in [0.4, 0.5) is 31.1 Å². The van der Waals surface area contributed by atoms with Gasteiger partial charge in [-0.1, -0.05) is 12.1 Å². The topological polar surface area (TPSA) is 99.1 Å². The highest BCUT2D eigenvalue weighted by atomic mass is 32.2. The second-order valence-electron chi connectivity index (χ2n) is 9.90. The minimum absolute atomic E-state index is 0.00218. The smallest absolute Gasteiger partial charge is 0.308 e. The Hall–Kier alpha value is -2.43. The first-order valence-electron chi connectivity index (χ1n) is 12.0. The van der Waals surface area contributed by atoms with E-state index in [0.29, 0.717) is 36.9 Å². The van der Waals surface area contributed by atoms with Crippen LogP contribution in [0.2, 0.25) is 0 Å². The summed E-state index contributed by atoms with van der Waals surface area (Å²) in [5.74, 6) is -1.20. The summed E-state index contributed by atoms with van der Waals surface area (Å²) in [5.41, 5.74) is -2.94. The molecular formula is C24H28F6N4O4S2. The van der Waals surface area contributed by atoms with Gasteiger partial charge in [-0.2, -0.15) is 31.3 Å². The van der Waals surface area contributed by atoms with E-state index in [2.05, 4.69) is 10.3 Å². The molecule has 1 aromatic carbocycles. The molecule has 3 rings (SSSR count). The number of allylic oxidation sites excluding steroid dienone is 1. The van der Waals surface area contributed by atoms with Gasteiger partial charge in [0.15, 0.2) is 5.84 Å². The van der Waals surface area contributed by atoms with E-state index in [9.17, 15) is 44.3 Å². The van der Waals surface area contributed by atoms with Gasteiger partial charge in [0.25, 0.3) is 0 Å². The summed E-state index contributed by atoms with van der Waals surface area (Å²) in [7, 11) is -0.407. The number of likely N-dealkylation sites (tertiary alicyclic amines) is 1. The highest BCUT2D eigenvalue weighted by molar-refractivity contribution is 8.18. The Morgan fingerprint density at radius 1 is 1.18 bits per heavy atom. The number of halogens is 6. The fourth-order valence-corrected chi connectivity index (χ4v) is 6.15. The van der Waals surface area contributed by atoms with Gasteiger partial charge in [0.1, 0.15) is 15.9 Å². The number of hydrogen-bond donors (Lipinski definition) is 1. The monoisotopic (exact) mass is 614 g/mol. The molecule has 0 saturated carbocycles. The zero-order valence-corrected chi connectivity index (χ0v) is 23.4. The van der Waals surface area contributed by atoms with Crippen molar-refractivity contribution in [1.29, 1.82) is 0 Å². The molecule has 1 atom stereocenters. The third-order valence-electron chi connectivity index (χ3n) is 6.42. The van der Waals surface area contributed by atoms with Crippen LogP contribution in [0.1, 0.15) is 29.5 Å². The number of thioether (sulfide) groups is 1. The second kappa shape index (κ2) is 12.2. The number of aliphatic imine (C=N–C) groups is 1. The molecule has 2 aliphatic rings. The van der Waals surface area contributed by atoms with Crippen molar-refractivity contribution in [3.63, 3.8) is 0 Å². The highest BCUT2D eigenvalue weighted by Crippen LogP contribution is 2.38. The normalized spacial score (nSPS) is 19.8. The maximum absolute atomic E-state index is 13.5. The van der Waals surface area contributed by atoms with Crippen LogP contribution in [-0.2, 0) is 33.5 Å². The summed E-state index contributed by atoms with van der Waals surface area (Å²) in [6.07, 6.45) is -6.13. The number of carbonyl (C=O) groups is 2. The molecule has 0 radical (unpaired) electrons. The van der Waals surface area contributed by atoms with E-state index in [-0.39, 0.29) is 29.9 Å². The highest BCUT2D eigenvalue weighted by Gasteiger charge is 2.38. The summed E-state index contributed by atoms with van der Waals surface area (Å²) < 4.78 is 103. The Labute approximate surface area is 231 Å². The van der Waals surface area contributed by atoms with E-state index < -0.39 is 56.3 Å². The summed E-state index contributed by atoms with van der Waals surface area (Å²) >= 11 is 0.795. The first-order valence-corrected chi connectivity index (χ1v) is 14.9. The quantitative estimate of drug-likeness (QED) is 0.461. The molecule has 1 fully saturated rings. The number of sulfone groups is 1. The van der Waals surface area contributed by atoms with E-state index >= 15 is 0 Å². The summed E-state index contributed by atoms with van der Waals surface area (Å²) in [5, 5.41) is 1.96. The average molecular weight is 615 g/mol. The van der Waals surface area contributed by atoms with Crippen molar-refractivity contribution in [2.45, 2.75) is 37.8 Å². The SMILES string of the molecule is CN(C)[C@@H](CS(C)(=O)=O)C(=O)NC1=NC(=O)S/C1=C\C1CCN(Cc2ccc(C(F)(F)F)cc2C(F)(F)F)CC1. The molecule has 0 bridgehead atoms. The van der Waals surface area contributed by atoms with Crippen LogP contribution in [0, 0.1) is 5.92 Å². The lowest BCUT2D eigenvalue weighted by atomic mass is 9.95. The third kappa shape index (κ3) is 8.78. The van der Waals surface area contributed by atoms with Crippen LogP contribution in [-0.4, -0.2) is 80.4 Å². The molecule has 0 aromatic heterocycles. The van der Waals surface area contributed by atoms with Crippen LogP contribution in [0.3, 0.4) is 0 Å². The van der Waals surface area contributed by atoms with Crippen LogP contribution in [0.5, 0.6) is 0 Å². The fourth-order valence-electron chi connectivity index (χ4n) is 4.35. The van der Waals surface area contributed by atoms with Gasteiger partial charge >= 0.3 is 17.6 Å². The first-order chi connectivity index (χ1) is 18.3. The molecule has 2 amide bonds. The van der Waals surface area contributed by atoms with Crippen LogP contribution >= 0.6 is 11.8 Å². The van der Waals surface area contributed by atoms with Gasteiger partial charge in [0, 0.05) is 12.8 Å². The van der Waals surface area contributed by atoms with Gasteiger partial charge in [-0.3, -0.25) is 19.4 Å². The van der Waals surface area contributed by atoms with Crippen LogP contribution in [0.15, 0.2) is 34.2 Å². The van der Waals surface area contributed by atoms with Crippen molar-refractivity contribution < 1.29 is 44.3 Å². The van der Waals surface area contributed by atoms with E-state index in [1.54, 1.807) is 25.1 Å². The van der Waals surface area contributed by atoms with Crippen LogP contribution < -0.4 is 5.32 Å². The van der Waals surface area contributed by atoms with Gasteiger partial charge in [-0.15, -0.1) is 0 Å². The van der Waals surface area contributed by atoms with Crippen molar-refractivity contribution in [3.05, 3.63) is 45.9 Å². The number of amidine groups is 1. The number of amides is 2. The van der Waals surface area contributed by atoms with Crippen molar-refractivity contribution in [3.8, 4) is 0 Å². The number of alkyl halides is 6. The number of hydrogen-bond acceptors (Lipinski definition) is 7. The van der Waals surface area contributed by atoms with Crippen molar-refractivity contribution in [2.75, 3.05) is 39.2 Å². The maximum Gasteiger partial charge on any atom is 0.416 e. The Bertz CT molecular complexity index is 1300. The zero-order valence-electron chi connectivity index (χ0n) is 21.8. The number of rotatable bonds is 7. The van der Waals surface area contributed by atoms with Gasteiger partial charge in [-0.25, -0.2) is 8.42 Å². The average Bonchev–Trinajstić information content (AvgIpc) is 3.15. The predicted molar refractivity (Wildman–Crippen MR) is 138 cm³/mol. The molecule has 1 N–H and O–H groups in total. The van der Waals surface area contributed by atoms with E-state index in [1.165, 1.54) is 4.90 Å². The van der Waals surface area contributed by atoms with Crippen molar-refractivity contribution >= 4 is 38.6 Å². The first kappa shape index (κ1) is 32.1. The lowest BCUT2D eigenvalue weighted by molar-refractivity contribution is -0.143. The summed E-state index contributed by atoms with van der Waals surface area (Å²) in [6, 6.07) is 0.612. The molecule has 40 heavy (non-hydrogen) atoms. The van der Waals surface area contributed by atoms with E-state index in [0.717, 1.165) is 24.1 Å². The molecule has 0 unspecified atom stereocenters. The third-order valence-corrected chi connectivity index (χ3v) is 8.15. The van der Waals surface area contributed by atoms with E-state index in [4.69, 9.17) is 0 Å². The number of nitrogens with one attached hydrogen (secondary N) is 1. The molecule has 0 aliphatic carbocycles. The Balaban J connectivity index is 1.67. The maximum atomic E-state index is 13.5. The lowest BCUT2D eigenvalue weighted by Gasteiger charge is -2.31. The van der Waals surface area contributed by atoms with Crippen molar-refractivity contribution in [2.24, 2.45) is 10.9 Å². The molecule has 1 saturated heterocycles. The lowest BCUT2D eigenvalue weighted by Crippen LogP contribution is -2.49. The van der Waals surface area contributed by atoms with Gasteiger partial charge in [0.05, 0.1) is 21.8 Å². The standard InChI is InChI=1S/C24H28F6N4O4S2/c1-33(2)18(13-40(3,37)38)21(35)31-20-19(39-22(36)32-20)10-14-6-8-34(9-7-14)12-15-4-5-16(23(25,26)27)11-17(15)24(28,29)30/h4-5,10-11,14,18H,6-9,12-13H2,1-3H3,(H,31,32,35,36)/b19-10-/t18-/m0/s1. The Kier molecular flexibility index (Phi) is 9.79. The largest absolute Gasteiger partial charge is 0.416 e. The predicted octanol–water partition coefficient (Wildman–Crippen LogP) is 4.18. The fraction of sp³-hybridized carbons (Fsp3) is 0.542. The van der Waals surface area contributed by atoms with Crippen LogP contribution in [0.25, 0.3) is 0 Å². The summed E-state index contributed by atoms with van der Waals surface area (Å²) in [6.45, 7) is 0.515. The van der Waals surface area contributed by atoms with E-state index in [1.807, 2.05) is 0 Å². The number of nitrogens with zero attached hydrogens (tertiary/aromatic N) is 3. The molecular weight excluding hydrogens is 586 g/mol. The van der Waals surface area contributed by atoms with Gasteiger partial charge < -0.3 is 5.32 Å². The molecule has 2 aliphatic heterocycles. The minimum atomic E-state index is -4.95.